The van der Waals surface area contributed by atoms with Crippen LogP contribution in [0.5, 0.6) is 0 Å². The van der Waals surface area contributed by atoms with Crippen LogP contribution in [0.3, 0.4) is 0 Å². The van der Waals surface area contributed by atoms with Gasteiger partial charge in [0.25, 0.3) is 0 Å². The molecule has 0 aliphatic heterocycles. The van der Waals surface area contributed by atoms with Crippen LogP contribution in [0.4, 0.5) is 70.2 Å². The minimum atomic E-state index is -8.32. The molecule has 0 heterocycles. The summed E-state index contributed by atoms with van der Waals surface area (Å²) in [7, 11) is -7.33. The molecule has 0 aliphatic carbocycles. The summed E-state index contributed by atoms with van der Waals surface area (Å²) < 4.78 is 227. The molecule has 0 aromatic heterocycles. The Bertz CT molecular complexity index is 970. The number of hydrogen-bond donors (Lipinski definition) is 0. The minimum absolute atomic E-state index is 0.112. The Morgan fingerprint density at radius 1 is 0.588 bits per heavy atom. The van der Waals surface area contributed by atoms with Gasteiger partial charge >= 0.3 is 185 Å². The van der Waals surface area contributed by atoms with Crippen LogP contribution in [0.25, 0.3) is 0 Å². The summed E-state index contributed by atoms with van der Waals surface area (Å²) in [4.78, 5) is 0. The van der Waals surface area contributed by atoms with Crippen LogP contribution >= 0.6 is 20.2 Å². The van der Waals surface area contributed by atoms with E-state index in [9.17, 15) is 78.7 Å². The van der Waals surface area contributed by atoms with Gasteiger partial charge in [-0.3, -0.25) is 0 Å². The molecule has 0 unspecified atom stereocenters. The van der Waals surface area contributed by atoms with E-state index < -0.39 is 73.2 Å². The van der Waals surface area contributed by atoms with Crippen molar-refractivity contribution >= 4 is 30.4 Å². The summed E-state index contributed by atoms with van der Waals surface area (Å²) >= 11 is -6.89. The van der Waals surface area contributed by atoms with Gasteiger partial charge in [-0.05, 0) is 0 Å². The number of halogens is 17. The Hall–Kier alpha value is -1.26. The first kappa shape index (κ1) is 30.8. The zero-order valence-corrected chi connectivity index (χ0v) is 17.9. The maximum atomic E-state index is 14.4. The molecule has 200 valence electrons. The van der Waals surface area contributed by atoms with Crippen molar-refractivity contribution in [3.63, 3.8) is 0 Å². The zero-order chi connectivity index (χ0) is 27.4. The summed E-state index contributed by atoms with van der Waals surface area (Å²) in [6.45, 7) is 0. The number of alkyl halides is 17. The van der Waals surface area contributed by atoms with E-state index in [1.54, 1.807) is 0 Å². The second kappa shape index (κ2) is 8.69. The standard InChI is InChI=1S/C13H5F16IO3S/c14-7(15,9(18,19)11(22,23)24)8(16,17)10(20,21)12(25,26)30(6-4-2-1-3-5-6)33-34(31,32)13(27,28)29/h1-5H. The van der Waals surface area contributed by atoms with Crippen molar-refractivity contribution in [1.29, 1.82) is 0 Å². The molecule has 0 amide bonds. The monoisotopic (exact) mass is 672 g/mol. The fourth-order valence-corrected chi connectivity index (χ4v) is 8.24. The number of rotatable bonds is 8. The third-order valence-electron chi connectivity index (χ3n) is 3.47. The Morgan fingerprint density at radius 2 is 0.971 bits per heavy atom. The summed E-state index contributed by atoms with van der Waals surface area (Å²) in [5.41, 5.74) is -6.65. The van der Waals surface area contributed by atoms with E-state index in [2.05, 4.69) is 2.51 Å². The van der Waals surface area contributed by atoms with E-state index in [-0.39, 0.29) is 12.1 Å². The maximum absolute atomic E-state index is 14.4. The summed E-state index contributed by atoms with van der Waals surface area (Å²) in [6, 6.07) is 2.12. The van der Waals surface area contributed by atoms with Gasteiger partial charge < -0.3 is 0 Å². The molecule has 1 aromatic carbocycles. The molecule has 0 radical (unpaired) electrons. The van der Waals surface area contributed by atoms with Crippen LogP contribution in [0.2, 0.25) is 0 Å². The van der Waals surface area contributed by atoms with Gasteiger partial charge in [-0.25, -0.2) is 0 Å². The van der Waals surface area contributed by atoms with Crippen LogP contribution in [0.1, 0.15) is 0 Å². The average Bonchev–Trinajstić information content (AvgIpc) is 2.64. The molecule has 3 nitrogen and oxygen atoms in total. The first-order valence-corrected chi connectivity index (χ1v) is 11.9. The van der Waals surface area contributed by atoms with Gasteiger partial charge in [0.1, 0.15) is 0 Å². The Labute approximate surface area is 185 Å². The Balaban J connectivity index is 3.81. The van der Waals surface area contributed by atoms with Crippen LogP contribution in [-0.2, 0) is 12.6 Å². The van der Waals surface area contributed by atoms with Crippen LogP contribution in [-0.4, -0.2) is 47.7 Å². The topological polar surface area (TPSA) is 43.4 Å². The van der Waals surface area contributed by atoms with Crippen molar-refractivity contribution < 1.29 is 81.2 Å². The predicted octanol–water partition coefficient (Wildman–Crippen LogP) is 6.84. The first-order chi connectivity index (χ1) is 14.7. The van der Waals surface area contributed by atoms with Crippen molar-refractivity contribution in [1.82, 2.24) is 0 Å². The SMILES string of the molecule is O=S(=O)(OI(c1ccccc1)C(F)(F)C(F)(F)C(F)(F)C(F)(F)C(F)(F)C(F)(F)F)C(F)(F)F. The molecule has 0 saturated carbocycles. The van der Waals surface area contributed by atoms with Crippen molar-refractivity contribution in [2.75, 3.05) is 0 Å². The molecule has 0 atom stereocenters. The van der Waals surface area contributed by atoms with Gasteiger partial charge in [-0.1, -0.05) is 0 Å². The molecule has 21 heteroatoms. The molecule has 0 aliphatic rings. The van der Waals surface area contributed by atoms with Gasteiger partial charge in [0, 0.05) is 0 Å². The Kier molecular flexibility index (Phi) is 7.87. The van der Waals surface area contributed by atoms with Gasteiger partial charge in [-0.2, -0.15) is 0 Å². The molecule has 1 rings (SSSR count). The van der Waals surface area contributed by atoms with E-state index in [4.69, 9.17) is 0 Å². The van der Waals surface area contributed by atoms with E-state index >= 15 is 0 Å². The molecule has 0 saturated heterocycles. The second-order valence-electron chi connectivity index (χ2n) is 5.80. The fourth-order valence-electron chi connectivity index (χ4n) is 1.72. The predicted molar refractivity (Wildman–Crippen MR) is 86.0 cm³/mol. The number of hydrogen-bond acceptors (Lipinski definition) is 3. The molecule has 34 heavy (non-hydrogen) atoms. The average molecular weight is 672 g/mol. The van der Waals surface area contributed by atoms with E-state index in [1.807, 2.05) is 0 Å². The number of benzene rings is 1. The Morgan fingerprint density at radius 3 is 1.32 bits per heavy atom. The molecular weight excluding hydrogens is 667 g/mol. The third kappa shape index (κ3) is 4.74. The van der Waals surface area contributed by atoms with Gasteiger partial charge in [0.15, 0.2) is 0 Å². The zero-order valence-electron chi connectivity index (χ0n) is 14.9. The molecule has 0 spiro atoms. The van der Waals surface area contributed by atoms with Crippen molar-refractivity contribution in [2.24, 2.45) is 0 Å². The third-order valence-corrected chi connectivity index (χ3v) is 10.6. The summed E-state index contributed by atoms with van der Waals surface area (Å²) in [5, 5.41) is 0. The van der Waals surface area contributed by atoms with Crippen molar-refractivity contribution in [3.8, 4) is 0 Å². The summed E-state index contributed by atoms with van der Waals surface area (Å²) in [5.74, 6) is -32.7. The quantitative estimate of drug-likeness (QED) is 0.132. The molecule has 1 aromatic rings. The van der Waals surface area contributed by atoms with Crippen LogP contribution in [0.15, 0.2) is 30.3 Å². The molecule has 0 fully saturated rings. The van der Waals surface area contributed by atoms with Gasteiger partial charge in [0.05, 0.1) is 0 Å². The fraction of sp³-hybridized carbons (Fsp3) is 0.538. The van der Waals surface area contributed by atoms with Gasteiger partial charge in [-0.15, -0.1) is 0 Å². The van der Waals surface area contributed by atoms with E-state index in [1.165, 1.54) is 0 Å². The van der Waals surface area contributed by atoms with E-state index in [0.29, 0.717) is 12.1 Å². The van der Waals surface area contributed by atoms with Crippen LogP contribution in [0, 0.1) is 3.57 Å². The van der Waals surface area contributed by atoms with Crippen molar-refractivity contribution in [3.05, 3.63) is 33.9 Å². The molecular formula is C13H5F16IO3S. The van der Waals surface area contributed by atoms with E-state index in [0.717, 1.165) is 6.07 Å². The summed E-state index contributed by atoms with van der Waals surface area (Å²) in [6.07, 6.45) is -7.70. The first-order valence-electron chi connectivity index (χ1n) is 7.42. The normalized spacial score (nSPS) is 15.9. The molecule has 0 N–H and O–H groups in total. The van der Waals surface area contributed by atoms with Crippen molar-refractivity contribution in [2.45, 2.75) is 39.3 Å². The molecule has 0 bridgehead atoms. The van der Waals surface area contributed by atoms with Crippen LogP contribution < -0.4 is 0 Å². The second-order valence-corrected chi connectivity index (χ2v) is 12.4. The van der Waals surface area contributed by atoms with Gasteiger partial charge in [0.2, 0.25) is 0 Å².